The molecule has 7 nitrogen and oxygen atoms in total. The minimum absolute atomic E-state index is 0.0631. The third-order valence-corrected chi connectivity index (χ3v) is 4.88. The molecule has 0 aliphatic heterocycles. The zero-order valence-electron chi connectivity index (χ0n) is 16.9. The summed E-state index contributed by atoms with van der Waals surface area (Å²) >= 11 is 0. The van der Waals surface area contributed by atoms with E-state index in [1.165, 1.54) is 30.3 Å². The number of carbonyl (C=O) groups is 2. The van der Waals surface area contributed by atoms with Crippen LogP contribution < -0.4 is 10.2 Å². The van der Waals surface area contributed by atoms with Gasteiger partial charge in [0.25, 0.3) is 5.91 Å². The first-order valence-corrected chi connectivity index (χ1v) is 9.33. The number of amides is 1. The Bertz CT molecular complexity index is 1060. The second-order valence-corrected chi connectivity index (χ2v) is 6.97. The molecule has 156 valence electrons. The summed E-state index contributed by atoms with van der Waals surface area (Å²) < 4.78 is 18.2. The van der Waals surface area contributed by atoms with Crippen LogP contribution in [0.5, 0.6) is 0 Å². The van der Waals surface area contributed by atoms with Crippen LogP contribution in [-0.4, -0.2) is 35.7 Å². The molecule has 2 aromatic carbocycles. The van der Waals surface area contributed by atoms with Gasteiger partial charge in [-0.3, -0.25) is 4.79 Å². The number of hydrogen-bond donors (Lipinski definition) is 2. The zero-order valence-corrected chi connectivity index (χ0v) is 16.9. The van der Waals surface area contributed by atoms with E-state index in [2.05, 4.69) is 10.5 Å². The molecule has 30 heavy (non-hydrogen) atoms. The predicted octanol–water partition coefficient (Wildman–Crippen LogP) is 4.06. The van der Waals surface area contributed by atoms with Gasteiger partial charge >= 0.3 is 5.97 Å². The first-order chi connectivity index (χ1) is 14.3. The van der Waals surface area contributed by atoms with Gasteiger partial charge in [0.1, 0.15) is 11.6 Å². The summed E-state index contributed by atoms with van der Waals surface area (Å²) in [5.41, 5.74) is 3.01. The van der Waals surface area contributed by atoms with Gasteiger partial charge in [-0.25, -0.2) is 9.18 Å². The number of hydrogen-bond acceptors (Lipinski definition) is 5. The van der Waals surface area contributed by atoms with Gasteiger partial charge in [-0.2, -0.15) is 0 Å². The summed E-state index contributed by atoms with van der Waals surface area (Å²) in [4.78, 5) is 26.0. The monoisotopic (exact) mass is 411 g/mol. The maximum absolute atomic E-state index is 13.0. The Kier molecular flexibility index (Phi) is 6.15. The molecule has 0 saturated heterocycles. The zero-order chi connectivity index (χ0) is 21.8. The Morgan fingerprint density at radius 2 is 1.87 bits per heavy atom. The van der Waals surface area contributed by atoms with E-state index in [0.717, 1.165) is 17.0 Å². The highest BCUT2D eigenvalue weighted by Gasteiger charge is 2.17. The number of aryl methyl sites for hydroxylation is 2. The molecule has 0 unspecified atom stereocenters. The highest BCUT2D eigenvalue weighted by atomic mass is 19.1. The Morgan fingerprint density at radius 1 is 1.17 bits per heavy atom. The average Bonchev–Trinajstić information content (AvgIpc) is 3.04. The van der Waals surface area contributed by atoms with E-state index in [1.807, 2.05) is 18.7 Å². The summed E-state index contributed by atoms with van der Waals surface area (Å²) in [6, 6.07) is 9.79. The van der Waals surface area contributed by atoms with Crippen LogP contribution in [-0.2, 0) is 6.42 Å². The third kappa shape index (κ3) is 4.65. The molecular formula is C22H22FN3O4. The normalized spacial score (nSPS) is 10.7. The van der Waals surface area contributed by atoms with E-state index in [0.29, 0.717) is 24.3 Å². The highest BCUT2D eigenvalue weighted by Crippen LogP contribution is 2.25. The molecule has 3 rings (SSSR count). The summed E-state index contributed by atoms with van der Waals surface area (Å²) in [5, 5.41) is 16.2. The van der Waals surface area contributed by atoms with Crippen LogP contribution >= 0.6 is 0 Å². The van der Waals surface area contributed by atoms with Crippen LogP contribution in [0, 0.1) is 19.7 Å². The highest BCUT2D eigenvalue weighted by molar-refractivity contribution is 6.05. The maximum Gasteiger partial charge on any atom is 0.337 e. The van der Waals surface area contributed by atoms with Crippen molar-refractivity contribution in [1.82, 2.24) is 5.16 Å². The number of carboxylic acid groups (broad SMARTS) is 1. The van der Waals surface area contributed by atoms with E-state index in [-0.39, 0.29) is 11.1 Å². The van der Waals surface area contributed by atoms with Crippen LogP contribution in [0.3, 0.4) is 0 Å². The first kappa shape index (κ1) is 21.0. The van der Waals surface area contributed by atoms with Gasteiger partial charge in [-0.1, -0.05) is 5.16 Å². The molecule has 1 heterocycles. The number of likely N-dealkylation sites (N-methyl/N-ethyl adjacent to an activating group) is 1. The van der Waals surface area contributed by atoms with Gasteiger partial charge in [0.2, 0.25) is 0 Å². The van der Waals surface area contributed by atoms with Crippen molar-refractivity contribution in [2.24, 2.45) is 0 Å². The van der Waals surface area contributed by atoms with Crippen molar-refractivity contribution >= 4 is 23.3 Å². The molecule has 0 bridgehead atoms. The van der Waals surface area contributed by atoms with E-state index in [1.54, 1.807) is 19.2 Å². The quantitative estimate of drug-likeness (QED) is 0.609. The number of carbonyl (C=O) groups excluding carboxylic acids is 1. The number of benzene rings is 2. The lowest BCUT2D eigenvalue weighted by Gasteiger charge is -2.22. The number of nitrogens with zero attached hydrogens (tertiary/aromatic N) is 2. The second kappa shape index (κ2) is 8.77. The van der Waals surface area contributed by atoms with Crippen molar-refractivity contribution in [3.05, 3.63) is 76.4 Å². The van der Waals surface area contributed by atoms with Crippen LogP contribution in [0.4, 0.5) is 15.8 Å². The molecule has 0 fully saturated rings. The molecule has 0 radical (unpaired) electrons. The van der Waals surface area contributed by atoms with Crippen molar-refractivity contribution in [3.8, 4) is 0 Å². The fourth-order valence-electron chi connectivity index (χ4n) is 3.18. The van der Waals surface area contributed by atoms with Crippen molar-refractivity contribution in [2.75, 3.05) is 23.8 Å². The molecule has 3 aromatic rings. The van der Waals surface area contributed by atoms with E-state index in [9.17, 15) is 19.1 Å². The fraction of sp³-hybridized carbons (Fsp3) is 0.227. The summed E-state index contributed by atoms with van der Waals surface area (Å²) in [6.07, 6.45) is 0.653. The minimum atomic E-state index is -1.10. The van der Waals surface area contributed by atoms with Gasteiger partial charge in [0.05, 0.1) is 16.9 Å². The summed E-state index contributed by atoms with van der Waals surface area (Å²) in [7, 11) is 1.80. The number of halogens is 1. The molecule has 1 amide bonds. The van der Waals surface area contributed by atoms with Crippen molar-refractivity contribution in [2.45, 2.75) is 20.3 Å². The Hall–Kier alpha value is -3.68. The van der Waals surface area contributed by atoms with Crippen LogP contribution in [0.25, 0.3) is 0 Å². The summed E-state index contributed by atoms with van der Waals surface area (Å²) in [6.45, 7) is 4.27. The van der Waals surface area contributed by atoms with E-state index >= 15 is 0 Å². The van der Waals surface area contributed by atoms with Gasteiger partial charge in [-0.15, -0.1) is 0 Å². The molecular weight excluding hydrogens is 389 g/mol. The van der Waals surface area contributed by atoms with Gasteiger partial charge in [0, 0.05) is 30.4 Å². The number of anilines is 2. The SMILES string of the molecule is Cc1noc(C)c1CCN(C)c1ccc(NC(=O)c2ccc(F)cc2)cc1C(=O)O. The lowest BCUT2D eigenvalue weighted by molar-refractivity contribution is 0.0697. The molecule has 2 N–H and O–H groups in total. The minimum Gasteiger partial charge on any atom is -0.478 e. The van der Waals surface area contributed by atoms with Crippen LogP contribution in [0.1, 0.15) is 37.7 Å². The van der Waals surface area contributed by atoms with Crippen molar-refractivity contribution < 1.29 is 23.6 Å². The molecule has 0 saturated carbocycles. The van der Waals surface area contributed by atoms with Crippen LogP contribution in [0.15, 0.2) is 47.0 Å². The Labute approximate surface area is 173 Å². The average molecular weight is 411 g/mol. The van der Waals surface area contributed by atoms with E-state index in [4.69, 9.17) is 4.52 Å². The first-order valence-electron chi connectivity index (χ1n) is 9.33. The molecule has 1 aromatic heterocycles. The lowest BCUT2D eigenvalue weighted by atomic mass is 10.1. The van der Waals surface area contributed by atoms with Crippen LogP contribution in [0.2, 0.25) is 0 Å². The number of aromatic carboxylic acids is 1. The van der Waals surface area contributed by atoms with Crippen molar-refractivity contribution in [3.63, 3.8) is 0 Å². The topological polar surface area (TPSA) is 95.7 Å². The molecule has 0 atom stereocenters. The third-order valence-electron chi connectivity index (χ3n) is 4.88. The van der Waals surface area contributed by atoms with Gasteiger partial charge < -0.3 is 19.8 Å². The smallest absolute Gasteiger partial charge is 0.337 e. The van der Waals surface area contributed by atoms with Gasteiger partial charge in [-0.05, 0) is 62.7 Å². The molecule has 8 heteroatoms. The molecule has 0 aliphatic rings. The lowest BCUT2D eigenvalue weighted by Crippen LogP contribution is -2.23. The second-order valence-electron chi connectivity index (χ2n) is 6.97. The summed E-state index contributed by atoms with van der Waals surface area (Å²) in [5.74, 6) is -1.25. The molecule has 0 spiro atoms. The number of carboxylic acids is 1. The molecule has 0 aliphatic carbocycles. The number of aromatic nitrogens is 1. The van der Waals surface area contributed by atoms with E-state index < -0.39 is 17.7 Å². The maximum atomic E-state index is 13.0. The standard InChI is InChI=1S/C22H22FN3O4/c1-13-18(14(2)30-25-13)10-11-26(3)20-9-8-17(12-19(20)22(28)29)24-21(27)15-4-6-16(23)7-5-15/h4-9,12H,10-11H2,1-3H3,(H,24,27)(H,28,29). The number of rotatable bonds is 7. The predicted molar refractivity (Wildman–Crippen MR) is 111 cm³/mol. The largest absolute Gasteiger partial charge is 0.478 e. The Balaban J connectivity index is 1.76. The van der Waals surface area contributed by atoms with Gasteiger partial charge in [0.15, 0.2) is 0 Å². The fourth-order valence-corrected chi connectivity index (χ4v) is 3.18. The van der Waals surface area contributed by atoms with Crippen molar-refractivity contribution in [1.29, 1.82) is 0 Å². The number of nitrogens with one attached hydrogen (secondary N) is 1. The Morgan fingerprint density at radius 3 is 2.47 bits per heavy atom.